The Bertz CT molecular complexity index is 1720. The largest absolute Gasteiger partial charge is 0.462 e. The number of anilines is 1. The van der Waals surface area contributed by atoms with Crippen molar-refractivity contribution in [2.45, 2.75) is 56.8 Å². The minimum absolute atomic E-state index is 0.0883. The Balaban J connectivity index is 1.78. The van der Waals surface area contributed by atoms with E-state index in [1.807, 2.05) is 6.07 Å². The van der Waals surface area contributed by atoms with Crippen LogP contribution in [0, 0.1) is 11.3 Å². The molecule has 1 aliphatic rings. The van der Waals surface area contributed by atoms with Crippen LogP contribution in [0.5, 0.6) is 5.75 Å². The van der Waals surface area contributed by atoms with Crippen molar-refractivity contribution in [2.75, 3.05) is 39.8 Å². The number of hydrogen-bond acceptors (Lipinski definition) is 16. The van der Waals surface area contributed by atoms with Gasteiger partial charge >= 0.3 is 25.7 Å². The number of nitrogens with two attached hydrogens (primary N) is 1. The first-order valence-corrected chi connectivity index (χ1v) is 16.4. The third-order valence-electron chi connectivity index (χ3n) is 6.91. The van der Waals surface area contributed by atoms with Crippen LogP contribution in [0.1, 0.15) is 32.6 Å². The number of methoxy groups -OCH3 is 2. The minimum Gasteiger partial charge on any atom is -0.462 e. The second kappa shape index (κ2) is 16.2. The highest BCUT2D eigenvalue weighted by molar-refractivity contribution is 7.52. The van der Waals surface area contributed by atoms with Crippen molar-refractivity contribution in [3.8, 4) is 11.8 Å². The molecule has 49 heavy (non-hydrogen) atoms. The van der Waals surface area contributed by atoms with Crippen molar-refractivity contribution >= 4 is 37.0 Å². The highest BCUT2D eigenvalue weighted by Crippen LogP contribution is 2.50. The van der Waals surface area contributed by atoms with Crippen LogP contribution in [0.25, 0.3) is 5.52 Å². The zero-order chi connectivity index (χ0) is 35.8. The molecule has 264 valence electrons. The number of fused-ring (bicyclic) bond motifs is 1. The number of nitrogens with one attached hydrogen (secondary N) is 1. The molecule has 3 aromatic rings. The third kappa shape index (κ3) is 8.89. The molecule has 3 heterocycles. The predicted octanol–water partition coefficient (Wildman–Crippen LogP) is 1.89. The van der Waals surface area contributed by atoms with Gasteiger partial charge in [0.2, 0.25) is 5.60 Å². The molecule has 0 spiro atoms. The monoisotopic (exact) mass is 704 g/mol. The fourth-order valence-corrected chi connectivity index (χ4v) is 6.36. The van der Waals surface area contributed by atoms with Gasteiger partial charge in [0.1, 0.15) is 55.6 Å². The Morgan fingerprint density at radius 3 is 2.39 bits per heavy atom. The number of carbonyl (C=O) groups is 3. The fourth-order valence-electron chi connectivity index (χ4n) is 4.84. The number of nitrogen functional groups attached to an aromatic ring is 1. The van der Waals surface area contributed by atoms with Gasteiger partial charge in [-0.2, -0.15) is 15.4 Å². The highest BCUT2D eigenvalue weighted by atomic mass is 31.2. The molecule has 1 aliphatic heterocycles. The summed E-state index contributed by atoms with van der Waals surface area (Å²) in [5, 5.41) is 17.4. The molecule has 2 aromatic heterocycles. The molecule has 1 fully saturated rings. The summed E-state index contributed by atoms with van der Waals surface area (Å²) in [5.74, 6) is -2.41. The Morgan fingerprint density at radius 1 is 1.08 bits per heavy atom. The van der Waals surface area contributed by atoms with Gasteiger partial charge in [-0.1, -0.05) is 18.2 Å². The van der Waals surface area contributed by atoms with E-state index in [4.69, 9.17) is 43.2 Å². The number of nitrogens with zero attached hydrogens (tertiary/aromatic N) is 4. The number of carbonyl (C=O) groups excluding carboxylic acids is 3. The molecule has 18 nitrogen and oxygen atoms in total. The van der Waals surface area contributed by atoms with Gasteiger partial charge in [-0.3, -0.25) is 9.32 Å². The number of rotatable bonds is 16. The molecule has 4 rings (SSSR count). The lowest BCUT2D eigenvalue weighted by Crippen LogP contribution is -2.50. The van der Waals surface area contributed by atoms with Crippen LogP contribution in [0.3, 0.4) is 0 Å². The van der Waals surface area contributed by atoms with Crippen LogP contribution in [0.4, 0.5) is 5.82 Å². The fraction of sp³-hybridized carbons (Fsp3) is 0.467. The van der Waals surface area contributed by atoms with E-state index in [2.05, 4.69) is 15.2 Å². The molecule has 0 saturated carbocycles. The molecule has 1 saturated heterocycles. The Labute approximate surface area is 281 Å². The second-order valence-corrected chi connectivity index (χ2v) is 12.7. The highest BCUT2D eigenvalue weighted by Gasteiger charge is 2.62. The summed E-state index contributed by atoms with van der Waals surface area (Å²) in [6, 6.07) is 11.7. The normalized spacial score (nSPS) is 22.2. The molecule has 0 unspecified atom stereocenters. The van der Waals surface area contributed by atoms with E-state index < -0.39 is 81.5 Å². The van der Waals surface area contributed by atoms with Gasteiger partial charge in [0.15, 0.2) is 18.0 Å². The number of esters is 3. The summed E-state index contributed by atoms with van der Waals surface area (Å²) < 4.78 is 59.8. The summed E-state index contributed by atoms with van der Waals surface area (Å²) in [6.07, 6.45) is -3.91. The lowest BCUT2D eigenvalue weighted by molar-refractivity contribution is -0.174. The molecular formula is C30H37N6O12P. The van der Waals surface area contributed by atoms with E-state index in [0.717, 1.165) is 0 Å². The molecule has 1 aromatic carbocycles. The summed E-state index contributed by atoms with van der Waals surface area (Å²) in [7, 11) is -2.06. The van der Waals surface area contributed by atoms with Crippen molar-refractivity contribution in [3.05, 3.63) is 54.5 Å². The number of para-hydroxylation sites is 1. The van der Waals surface area contributed by atoms with E-state index in [0.29, 0.717) is 5.52 Å². The van der Waals surface area contributed by atoms with Gasteiger partial charge in [0, 0.05) is 14.2 Å². The van der Waals surface area contributed by atoms with Crippen LogP contribution in [-0.4, -0.2) is 96.5 Å². The molecule has 19 heteroatoms. The first-order chi connectivity index (χ1) is 23.3. The summed E-state index contributed by atoms with van der Waals surface area (Å²) in [5.41, 5.74) is 4.27. The lowest BCUT2D eigenvalue weighted by atomic mass is 9.95. The molecule has 0 bridgehead atoms. The van der Waals surface area contributed by atoms with Crippen molar-refractivity contribution < 1.29 is 56.4 Å². The first kappa shape index (κ1) is 37.2. The van der Waals surface area contributed by atoms with Gasteiger partial charge in [-0.25, -0.2) is 23.7 Å². The number of ether oxygens (including phenoxy) is 6. The van der Waals surface area contributed by atoms with Crippen molar-refractivity contribution in [1.82, 2.24) is 19.7 Å². The van der Waals surface area contributed by atoms with E-state index in [9.17, 15) is 24.2 Å². The average Bonchev–Trinajstić information content (AvgIpc) is 3.61. The van der Waals surface area contributed by atoms with Gasteiger partial charge < -0.3 is 38.7 Å². The molecule has 0 aliphatic carbocycles. The Kier molecular flexibility index (Phi) is 12.3. The van der Waals surface area contributed by atoms with E-state index in [1.165, 1.54) is 50.2 Å². The molecular weight excluding hydrogens is 667 g/mol. The quantitative estimate of drug-likeness (QED) is 0.123. The number of hydrogen-bond donors (Lipinski definition) is 2. The van der Waals surface area contributed by atoms with Crippen molar-refractivity contribution in [1.29, 1.82) is 5.26 Å². The van der Waals surface area contributed by atoms with Gasteiger partial charge in [0.25, 0.3) is 0 Å². The molecule has 6 atom stereocenters. The van der Waals surface area contributed by atoms with Crippen LogP contribution in [0.2, 0.25) is 0 Å². The molecule has 3 N–H and O–H groups in total. The maximum atomic E-state index is 14.3. The molecule has 0 amide bonds. The van der Waals surface area contributed by atoms with E-state index in [-0.39, 0.29) is 17.3 Å². The lowest BCUT2D eigenvalue weighted by Gasteiger charge is -2.30. The van der Waals surface area contributed by atoms with Gasteiger partial charge in [-0.15, -0.1) is 0 Å². The Morgan fingerprint density at radius 2 is 1.76 bits per heavy atom. The summed E-state index contributed by atoms with van der Waals surface area (Å²) in [4.78, 5) is 42.3. The SMILES string of the molecule is COCC(=O)O[C@H]1[C@H](c2ccc3c(N)ncnn23)O[C@](C#N)(CO[P@@](=O)(N[C@@H](C)C(=O)OC(C)C)Oc2ccccc2)[C@H]1OC(=O)COC. The van der Waals surface area contributed by atoms with E-state index in [1.54, 1.807) is 38.1 Å². The second-order valence-electron chi connectivity index (χ2n) is 11.0. The van der Waals surface area contributed by atoms with Crippen LogP contribution < -0.4 is 15.3 Å². The first-order valence-electron chi connectivity index (χ1n) is 14.9. The maximum Gasteiger partial charge on any atom is 0.459 e. The topological polar surface area (TPSA) is 234 Å². The van der Waals surface area contributed by atoms with Crippen LogP contribution in [0.15, 0.2) is 48.8 Å². The van der Waals surface area contributed by atoms with Crippen LogP contribution >= 0.6 is 7.75 Å². The third-order valence-corrected chi connectivity index (χ3v) is 8.53. The number of nitriles is 1. The smallest absolute Gasteiger partial charge is 0.459 e. The average molecular weight is 705 g/mol. The standard InChI is InChI=1S/C30H37N6O12P/c1-18(2)44-29(39)19(3)35-49(40,48-20-9-7-6-8-10-20)43-16-30(15-31)27(46-24(38)14-42-5)26(45-23(37)13-41-4)25(47-30)21-11-12-22-28(32)33-17-34-36(21)22/h6-12,17-19,25-27H,13-14,16H2,1-5H3,(H,35,40)(H2,32,33,34)/t19-,25-,26-,27-,30+,49-/m0/s1. The van der Waals surface area contributed by atoms with Gasteiger partial charge in [0.05, 0.1) is 11.8 Å². The van der Waals surface area contributed by atoms with Crippen molar-refractivity contribution in [2.24, 2.45) is 0 Å². The zero-order valence-corrected chi connectivity index (χ0v) is 28.2. The van der Waals surface area contributed by atoms with Gasteiger partial charge in [-0.05, 0) is 45.0 Å². The number of benzene rings is 1. The minimum atomic E-state index is -4.58. The summed E-state index contributed by atoms with van der Waals surface area (Å²) in [6.45, 7) is 2.70. The van der Waals surface area contributed by atoms with Crippen LogP contribution in [-0.2, 0) is 51.9 Å². The van der Waals surface area contributed by atoms with E-state index >= 15 is 0 Å². The van der Waals surface area contributed by atoms with Crippen molar-refractivity contribution in [3.63, 3.8) is 0 Å². The zero-order valence-electron chi connectivity index (χ0n) is 27.3. The number of aromatic nitrogens is 3. The Hall–Kier alpha value is -4.63. The molecule has 0 radical (unpaired) electrons. The maximum absolute atomic E-state index is 14.3. The predicted molar refractivity (Wildman–Crippen MR) is 168 cm³/mol. The summed E-state index contributed by atoms with van der Waals surface area (Å²) >= 11 is 0.